The zero-order valence-corrected chi connectivity index (χ0v) is 16.0. The predicted molar refractivity (Wildman–Crippen MR) is 111 cm³/mol. The highest BCUT2D eigenvalue weighted by Crippen LogP contribution is 2.20. The second kappa shape index (κ2) is 9.72. The van der Waals surface area contributed by atoms with E-state index in [0.29, 0.717) is 17.1 Å². The average Bonchev–Trinajstić information content (AvgIpc) is 2.74. The van der Waals surface area contributed by atoms with Crippen molar-refractivity contribution in [3.63, 3.8) is 0 Å². The van der Waals surface area contributed by atoms with Crippen molar-refractivity contribution in [2.24, 2.45) is 0 Å². The van der Waals surface area contributed by atoms with Crippen LogP contribution in [0.5, 0.6) is 0 Å². The van der Waals surface area contributed by atoms with Gasteiger partial charge in [-0.25, -0.2) is 0 Å². The van der Waals surface area contributed by atoms with E-state index in [1.54, 1.807) is 36.4 Å². The van der Waals surface area contributed by atoms with Crippen molar-refractivity contribution < 1.29 is 9.59 Å². The quantitative estimate of drug-likeness (QED) is 0.621. The summed E-state index contributed by atoms with van der Waals surface area (Å²) in [5.41, 5.74) is 2.39. The molecule has 0 fully saturated rings. The Morgan fingerprint density at radius 3 is 2.07 bits per heavy atom. The molecule has 0 aliphatic carbocycles. The van der Waals surface area contributed by atoms with E-state index >= 15 is 0 Å². The maximum absolute atomic E-state index is 12.6. The van der Waals surface area contributed by atoms with Gasteiger partial charge in [0.1, 0.15) is 0 Å². The molecule has 0 saturated heterocycles. The Morgan fingerprint density at radius 2 is 1.43 bits per heavy atom. The normalized spacial score (nSPS) is 11.5. The molecule has 28 heavy (non-hydrogen) atoms. The van der Waals surface area contributed by atoms with Gasteiger partial charge in [-0.15, -0.1) is 0 Å². The zero-order valence-electron chi connectivity index (χ0n) is 15.3. The van der Waals surface area contributed by atoms with Crippen molar-refractivity contribution in [2.75, 3.05) is 0 Å². The highest BCUT2D eigenvalue weighted by molar-refractivity contribution is 6.30. The Hall–Kier alpha value is -3.11. The number of amides is 2. The SMILES string of the molecule is O=C(C[C@H](NC(=O)c1ccccc1)c1ccc(Cl)cc1)NCc1ccccc1. The van der Waals surface area contributed by atoms with Crippen LogP contribution in [0, 0.1) is 0 Å². The van der Waals surface area contributed by atoms with Gasteiger partial charge in [0.05, 0.1) is 12.5 Å². The Morgan fingerprint density at radius 1 is 0.821 bits per heavy atom. The Bertz CT molecular complexity index is 912. The molecule has 0 heterocycles. The second-order valence-electron chi connectivity index (χ2n) is 6.41. The van der Waals surface area contributed by atoms with Crippen molar-refractivity contribution in [1.82, 2.24) is 10.6 Å². The molecule has 142 valence electrons. The summed E-state index contributed by atoms with van der Waals surface area (Å²) < 4.78 is 0. The molecule has 4 nitrogen and oxygen atoms in total. The van der Waals surface area contributed by atoms with Crippen LogP contribution in [0.2, 0.25) is 5.02 Å². The van der Waals surface area contributed by atoms with Crippen LogP contribution in [-0.2, 0) is 11.3 Å². The standard InChI is InChI=1S/C23H21ClN2O2/c24-20-13-11-18(12-14-20)21(26-23(28)19-9-5-2-6-10-19)15-22(27)25-16-17-7-3-1-4-8-17/h1-14,21H,15-16H2,(H,25,27)(H,26,28)/t21-/m0/s1. The van der Waals surface area contributed by atoms with Gasteiger partial charge < -0.3 is 10.6 Å². The lowest BCUT2D eigenvalue weighted by Crippen LogP contribution is -2.33. The average molecular weight is 393 g/mol. The number of hydrogen-bond donors (Lipinski definition) is 2. The molecule has 0 radical (unpaired) electrons. The van der Waals surface area contributed by atoms with E-state index in [2.05, 4.69) is 10.6 Å². The van der Waals surface area contributed by atoms with Gasteiger partial charge in [-0.2, -0.15) is 0 Å². The van der Waals surface area contributed by atoms with Gasteiger partial charge in [0.25, 0.3) is 5.91 Å². The molecule has 1 atom stereocenters. The molecule has 2 amide bonds. The molecular weight excluding hydrogens is 372 g/mol. The second-order valence-corrected chi connectivity index (χ2v) is 6.85. The van der Waals surface area contributed by atoms with E-state index in [1.165, 1.54) is 0 Å². The highest BCUT2D eigenvalue weighted by Gasteiger charge is 2.19. The summed E-state index contributed by atoms with van der Waals surface area (Å²) in [6, 6.07) is 25.3. The molecule has 0 spiro atoms. The summed E-state index contributed by atoms with van der Waals surface area (Å²) in [5.74, 6) is -0.367. The van der Waals surface area contributed by atoms with Crippen LogP contribution < -0.4 is 10.6 Å². The first-order valence-corrected chi connectivity index (χ1v) is 9.41. The van der Waals surface area contributed by atoms with E-state index < -0.39 is 6.04 Å². The lowest BCUT2D eigenvalue weighted by Gasteiger charge is -2.19. The van der Waals surface area contributed by atoms with E-state index in [1.807, 2.05) is 48.5 Å². The third-order valence-electron chi connectivity index (χ3n) is 4.34. The Balaban J connectivity index is 1.69. The Kier molecular flexibility index (Phi) is 6.82. The Labute approximate surface area is 169 Å². The number of carbonyl (C=O) groups is 2. The third-order valence-corrected chi connectivity index (χ3v) is 4.59. The molecule has 3 rings (SSSR count). The fourth-order valence-corrected chi connectivity index (χ4v) is 2.96. The van der Waals surface area contributed by atoms with Crippen molar-refractivity contribution in [2.45, 2.75) is 19.0 Å². The summed E-state index contributed by atoms with van der Waals surface area (Å²) in [5, 5.41) is 6.46. The van der Waals surface area contributed by atoms with Gasteiger partial charge in [0, 0.05) is 17.1 Å². The van der Waals surface area contributed by atoms with Crippen LogP contribution in [0.15, 0.2) is 84.9 Å². The molecule has 0 aromatic heterocycles. The number of hydrogen-bond acceptors (Lipinski definition) is 2. The fraction of sp³-hybridized carbons (Fsp3) is 0.130. The molecule has 2 N–H and O–H groups in total. The topological polar surface area (TPSA) is 58.2 Å². The van der Waals surface area contributed by atoms with Crippen molar-refractivity contribution in [3.8, 4) is 0 Å². The maximum atomic E-state index is 12.6. The molecule has 0 unspecified atom stereocenters. The first kappa shape index (κ1) is 19.6. The number of carbonyl (C=O) groups excluding carboxylic acids is 2. The molecule has 5 heteroatoms. The van der Waals surface area contributed by atoms with E-state index in [0.717, 1.165) is 11.1 Å². The molecule has 0 saturated carbocycles. The van der Waals surface area contributed by atoms with Crippen molar-refractivity contribution in [1.29, 1.82) is 0 Å². The van der Waals surface area contributed by atoms with E-state index in [-0.39, 0.29) is 18.2 Å². The summed E-state index contributed by atoms with van der Waals surface area (Å²) >= 11 is 5.97. The minimum atomic E-state index is -0.458. The lowest BCUT2D eigenvalue weighted by atomic mass is 10.0. The first-order chi connectivity index (χ1) is 13.6. The fourth-order valence-electron chi connectivity index (χ4n) is 2.83. The minimum Gasteiger partial charge on any atom is -0.352 e. The van der Waals surface area contributed by atoms with Gasteiger partial charge in [0.15, 0.2) is 0 Å². The van der Waals surface area contributed by atoms with Crippen molar-refractivity contribution in [3.05, 3.63) is 107 Å². The number of nitrogens with one attached hydrogen (secondary N) is 2. The number of benzene rings is 3. The van der Waals surface area contributed by atoms with Crippen LogP contribution in [0.3, 0.4) is 0 Å². The van der Waals surface area contributed by atoms with E-state index in [9.17, 15) is 9.59 Å². The van der Waals surface area contributed by atoms with Crippen LogP contribution in [0.25, 0.3) is 0 Å². The minimum absolute atomic E-state index is 0.132. The third kappa shape index (κ3) is 5.69. The van der Waals surface area contributed by atoms with Crippen LogP contribution in [0.4, 0.5) is 0 Å². The lowest BCUT2D eigenvalue weighted by molar-refractivity contribution is -0.121. The van der Waals surface area contributed by atoms with Crippen LogP contribution >= 0.6 is 11.6 Å². The molecular formula is C23H21ClN2O2. The predicted octanol–water partition coefficient (Wildman–Crippen LogP) is 4.52. The van der Waals surface area contributed by atoms with Gasteiger partial charge in [0.2, 0.25) is 5.91 Å². The van der Waals surface area contributed by atoms with Crippen molar-refractivity contribution >= 4 is 23.4 Å². The monoisotopic (exact) mass is 392 g/mol. The number of halogens is 1. The molecule has 3 aromatic rings. The van der Waals surface area contributed by atoms with Gasteiger partial charge in [-0.3, -0.25) is 9.59 Å². The summed E-state index contributed by atoms with van der Waals surface area (Å²) in [4.78, 5) is 25.1. The summed E-state index contributed by atoms with van der Waals surface area (Å²) in [7, 11) is 0. The summed E-state index contributed by atoms with van der Waals surface area (Å²) in [6.45, 7) is 0.444. The molecule has 0 aliphatic rings. The molecule has 0 bridgehead atoms. The smallest absolute Gasteiger partial charge is 0.251 e. The van der Waals surface area contributed by atoms with E-state index in [4.69, 9.17) is 11.6 Å². The van der Waals surface area contributed by atoms with Gasteiger partial charge in [-0.1, -0.05) is 72.3 Å². The van der Waals surface area contributed by atoms with Crippen LogP contribution in [0.1, 0.15) is 33.9 Å². The largest absolute Gasteiger partial charge is 0.352 e. The maximum Gasteiger partial charge on any atom is 0.251 e. The first-order valence-electron chi connectivity index (χ1n) is 9.04. The number of rotatable bonds is 7. The van der Waals surface area contributed by atoms with Gasteiger partial charge >= 0.3 is 0 Å². The highest BCUT2D eigenvalue weighted by atomic mass is 35.5. The van der Waals surface area contributed by atoms with Gasteiger partial charge in [-0.05, 0) is 35.4 Å². The molecule has 0 aliphatic heterocycles. The zero-order chi connectivity index (χ0) is 19.8. The summed E-state index contributed by atoms with van der Waals surface area (Å²) in [6.07, 6.45) is 0.132. The molecule has 3 aromatic carbocycles. The van der Waals surface area contributed by atoms with Crippen LogP contribution in [-0.4, -0.2) is 11.8 Å².